The second kappa shape index (κ2) is 4.96. The second-order valence-corrected chi connectivity index (χ2v) is 4.05. The van der Waals surface area contributed by atoms with E-state index in [0.717, 1.165) is 12.8 Å². The van der Waals surface area contributed by atoms with Gasteiger partial charge in [0.1, 0.15) is 0 Å². The number of hydrogen-bond acceptors (Lipinski definition) is 1. The lowest BCUT2D eigenvalue weighted by Gasteiger charge is -2.10. The normalized spacial score (nSPS) is 12.2. The van der Waals surface area contributed by atoms with Gasteiger partial charge in [-0.25, -0.2) is 0 Å². The van der Waals surface area contributed by atoms with E-state index in [-0.39, 0.29) is 11.8 Å². The highest BCUT2D eigenvalue weighted by molar-refractivity contribution is 5.66. The molecule has 0 saturated carbocycles. The molecule has 1 N–H and O–H groups in total. The van der Waals surface area contributed by atoms with Crippen molar-refractivity contribution in [2.24, 2.45) is 5.41 Å². The van der Waals surface area contributed by atoms with E-state index in [1.54, 1.807) is 0 Å². The first-order valence-electron chi connectivity index (χ1n) is 4.31. The Hall–Kier alpha value is -0.790. The maximum atomic E-state index is 10.1. The van der Waals surface area contributed by atoms with Crippen LogP contribution in [0.15, 0.2) is 12.2 Å². The van der Waals surface area contributed by atoms with Gasteiger partial charge in [-0.1, -0.05) is 32.9 Å². The number of hydrogen-bond donors (Lipinski definition) is 1. The molecule has 2 heteroatoms. The van der Waals surface area contributed by atoms with E-state index in [0.29, 0.717) is 0 Å². The van der Waals surface area contributed by atoms with Gasteiger partial charge >= 0.3 is 5.97 Å². The Labute approximate surface area is 74.3 Å². The molecule has 0 aromatic rings. The topological polar surface area (TPSA) is 37.3 Å². The number of allylic oxidation sites excluding steroid dienone is 2. The smallest absolute Gasteiger partial charge is 0.303 e. The fraction of sp³-hybridized carbons (Fsp3) is 0.700. The van der Waals surface area contributed by atoms with E-state index in [2.05, 4.69) is 32.9 Å². The first-order valence-corrected chi connectivity index (χ1v) is 4.31. The van der Waals surface area contributed by atoms with Gasteiger partial charge in [0.2, 0.25) is 0 Å². The van der Waals surface area contributed by atoms with Gasteiger partial charge in [0.05, 0.1) is 0 Å². The van der Waals surface area contributed by atoms with Crippen molar-refractivity contribution >= 4 is 5.97 Å². The first-order chi connectivity index (χ1) is 5.42. The molecule has 0 aliphatic carbocycles. The summed E-state index contributed by atoms with van der Waals surface area (Å²) in [6.45, 7) is 6.38. The van der Waals surface area contributed by atoms with Crippen molar-refractivity contribution in [2.45, 2.75) is 40.0 Å². The van der Waals surface area contributed by atoms with Crippen LogP contribution in [-0.2, 0) is 4.79 Å². The van der Waals surface area contributed by atoms with E-state index >= 15 is 0 Å². The van der Waals surface area contributed by atoms with Crippen LogP contribution in [0.5, 0.6) is 0 Å². The highest BCUT2D eigenvalue weighted by atomic mass is 16.4. The van der Waals surface area contributed by atoms with Gasteiger partial charge in [-0.2, -0.15) is 0 Å². The summed E-state index contributed by atoms with van der Waals surface area (Å²) in [5.74, 6) is -0.709. The van der Waals surface area contributed by atoms with Gasteiger partial charge in [0.15, 0.2) is 0 Å². The minimum absolute atomic E-state index is 0.212. The summed E-state index contributed by atoms with van der Waals surface area (Å²) in [6.07, 6.45) is 6.05. The molecule has 0 amide bonds. The molecule has 0 spiro atoms. The molecule has 0 bridgehead atoms. The lowest BCUT2D eigenvalue weighted by atomic mass is 9.96. The molecule has 0 radical (unpaired) electrons. The quantitative estimate of drug-likeness (QED) is 0.520. The van der Waals surface area contributed by atoms with Crippen LogP contribution in [-0.4, -0.2) is 11.1 Å². The minimum atomic E-state index is -0.709. The molecule has 0 rings (SSSR count). The van der Waals surface area contributed by atoms with Crippen LogP contribution >= 0.6 is 0 Å². The van der Waals surface area contributed by atoms with E-state index in [9.17, 15) is 4.79 Å². The number of carboxylic acids is 1. The third kappa shape index (κ3) is 9.21. The second-order valence-electron chi connectivity index (χ2n) is 4.05. The molecule has 12 heavy (non-hydrogen) atoms. The largest absolute Gasteiger partial charge is 0.481 e. The van der Waals surface area contributed by atoms with Crippen LogP contribution in [0.25, 0.3) is 0 Å². The van der Waals surface area contributed by atoms with Gasteiger partial charge in [0, 0.05) is 6.42 Å². The molecule has 0 saturated heterocycles. The molecule has 0 aliphatic heterocycles. The average molecular weight is 170 g/mol. The molecule has 0 fully saturated rings. The Morgan fingerprint density at radius 1 is 1.42 bits per heavy atom. The van der Waals surface area contributed by atoms with Gasteiger partial charge < -0.3 is 5.11 Å². The predicted octanol–water partition coefficient (Wildman–Crippen LogP) is 2.84. The molecule has 0 aliphatic rings. The summed E-state index contributed by atoms with van der Waals surface area (Å²) in [4.78, 5) is 10.1. The van der Waals surface area contributed by atoms with Crippen molar-refractivity contribution < 1.29 is 9.90 Å². The van der Waals surface area contributed by atoms with Gasteiger partial charge in [-0.3, -0.25) is 4.79 Å². The Morgan fingerprint density at radius 2 is 2.00 bits per heavy atom. The van der Waals surface area contributed by atoms with E-state index < -0.39 is 5.97 Å². The molecule has 0 unspecified atom stereocenters. The highest BCUT2D eigenvalue weighted by Crippen LogP contribution is 2.15. The molecule has 2 nitrogen and oxygen atoms in total. The summed E-state index contributed by atoms with van der Waals surface area (Å²) < 4.78 is 0. The summed E-state index contributed by atoms with van der Waals surface area (Å²) >= 11 is 0. The van der Waals surface area contributed by atoms with Crippen molar-refractivity contribution in [1.29, 1.82) is 0 Å². The van der Waals surface area contributed by atoms with E-state index in [1.165, 1.54) is 0 Å². The molecule has 0 aromatic heterocycles. The molecule has 70 valence electrons. The van der Waals surface area contributed by atoms with Crippen molar-refractivity contribution in [3.63, 3.8) is 0 Å². The third-order valence-corrected chi connectivity index (χ3v) is 1.38. The van der Waals surface area contributed by atoms with Crippen LogP contribution in [0.3, 0.4) is 0 Å². The molecule has 0 heterocycles. The zero-order chi connectivity index (χ0) is 9.61. The fourth-order valence-corrected chi connectivity index (χ4v) is 0.808. The molecule has 0 aromatic carbocycles. The Balaban J connectivity index is 3.43. The van der Waals surface area contributed by atoms with Crippen LogP contribution in [0.1, 0.15) is 40.0 Å². The van der Waals surface area contributed by atoms with Crippen LogP contribution in [0, 0.1) is 5.41 Å². The maximum absolute atomic E-state index is 10.1. The number of aliphatic carboxylic acids is 1. The molecule has 0 atom stereocenters. The Bertz CT molecular complexity index is 163. The molecular weight excluding hydrogens is 152 g/mol. The van der Waals surface area contributed by atoms with Crippen LogP contribution in [0.2, 0.25) is 0 Å². The zero-order valence-electron chi connectivity index (χ0n) is 8.13. The molecular formula is C10H18O2. The maximum Gasteiger partial charge on any atom is 0.303 e. The van der Waals surface area contributed by atoms with E-state index in [1.807, 2.05) is 0 Å². The van der Waals surface area contributed by atoms with Crippen molar-refractivity contribution in [3.05, 3.63) is 12.2 Å². The first kappa shape index (κ1) is 11.2. The monoisotopic (exact) mass is 170 g/mol. The SMILES string of the molecule is CC(C)(C)/C=C\CCCC(=O)O. The van der Waals surface area contributed by atoms with E-state index in [4.69, 9.17) is 5.11 Å². The Kier molecular flexibility index (Phi) is 4.64. The lowest BCUT2D eigenvalue weighted by molar-refractivity contribution is -0.137. The van der Waals surface area contributed by atoms with Crippen molar-refractivity contribution in [1.82, 2.24) is 0 Å². The number of carboxylic acid groups (broad SMARTS) is 1. The fourth-order valence-electron chi connectivity index (χ4n) is 0.808. The van der Waals surface area contributed by atoms with Gasteiger partial charge in [-0.05, 0) is 18.3 Å². The zero-order valence-corrected chi connectivity index (χ0v) is 8.13. The Morgan fingerprint density at radius 3 is 2.42 bits per heavy atom. The third-order valence-electron chi connectivity index (χ3n) is 1.38. The van der Waals surface area contributed by atoms with Crippen LogP contribution in [0.4, 0.5) is 0 Å². The summed E-state index contributed by atoms with van der Waals surface area (Å²) in [5, 5.41) is 8.35. The lowest BCUT2D eigenvalue weighted by Crippen LogP contribution is -1.98. The number of carbonyl (C=O) groups is 1. The standard InChI is InChI=1S/C10H18O2/c1-10(2,3)8-6-4-5-7-9(11)12/h6,8H,4-5,7H2,1-3H3,(H,11,12)/b8-6-. The number of unbranched alkanes of at least 4 members (excludes halogenated alkanes) is 1. The van der Waals surface area contributed by atoms with Crippen molar-refractivity contribution in [3.8, 4) is 0 Å². The average Bonchev–Trinajstić information content (AvgIpc) is 1.83. The van der Waals surface area contributed by atoms with Gasteiger partial charge in [0.25, 0.3) is 0 Å². The van der Waals surface area contributed by atoms with Crippen LogP contribution < -0.4 is 0 Å². The summed E-state index contributed by atoms with van der Waals surface area (Å²) in [7, 11) is 0. The minimum Gasteiger partial charge on any atom is -0.481 e. The summed E-state index contributed by atoms with van der Waals surface area (Å²) in [6, 6.07) is 0. The van der Waals surface area contributed by atoms with Gasteiger partial charge in [-0.15, -0.1) is 0 Å². The summed E-state index contributed by atoms with van der Waals surface area (Å²) in [5.41, 5.74) is 0.212. The number of rotatable bonds is 4. The predicted molar refractivity (Wildman–Crippen MR) is 50.1 cm³/mol. The highest BCUT2D eigenvalue weighted by Gasteiger charge is 2.02. The van der Waals surface area contributed by atoms with Crippen molar-refractivity contribution in [2.75, 3.05) is 0 Å².